The lowest BCUT2D eigenvalue weighted by molar-refractivity contribution is 0.627. The fourth-order valence-corrected chi connectivity index (χ4v) is 3.58. The van der Waals surface area contributed by atoms with Gasteiger partial charge in [-0.1, -0.05) is 0 Å². The molecule has 3 heterocycles. The number of rotatable bonds is 5. The van der Waals surface area contributed by atoms with Crippen molar-refractivity contribution in [1.29, 1.82) is 0 Å². The number of anilines is 2. The van der Waals surface area contributed by atoms with Crippen LogP contribution in [0.5, 0.6) is 0 Å². The van der Waals surface area contributed by atoms with Crippen LogP contribution in [0.4, 0.5) is 16.2 Å². The van der Waals surface area contributed by atoms with Gasteiger partial charge in [0.1, 0.15) is 11.6 Å². The zero-order valence-corrected chi connectivity index (χ0v) is 15.4. The zero-order chi connectivity index (χ0) is 19.3. The molecule has 0 aliphatic heterocycles. The third kappa shape index (κ3) is 2.96. The van der Waals surface area contributed by atoms with Crippen molar-refractivity contribution in [2.45, 2.75) is 32.2 Å². The highest BCUT2D eigenvalue weighted by Gasteiger charge is 2.26. The Morgan fingerprint density at radius 3 is 2.89 bits per heavy atom. The van der Waals surface area contributed by atoms with Crippen LogP contribution >= 0.6 is 0 Å². The molecule has 0 unspecified atom stereocenters. The van der Waals surface area contributed by atoms with Crippen molar-refractivity contribution in [2.24, 2.45) is 0 Å². The van der Waals surface area contributed by atoms with Gasteiger partial charge in [0.05, 0.1) is 17.0 Å². The van der Waals surface area contributed by atoms with Crippen LogP contribution < -0.4 is 11.1 Å². The summed E-state index contributed by atoms with van der Waals surface area (Å²) in [6, 6.07) is 6.94. The van der Waals surface area contributed by atoms with Crippen LogP contribution in [-0.4, -0.2) is 25.1 Å². The second kappa shape index (κ2) is 6.33. The molecule has 0 atom stereocenters. The van der Waals surface area contributed by atoms with E-state index in [1.165, 1.54) is 25.0 Å². The SMILES string of the molecule is Cc1nc(NCc2cc(F)cc3[nH]ccc23)nc(N)c1-c1cc(C2CC2)[nH]n1. The van der Waals surface area contributed by atoms with Crippen molar-refractivity contribution in [3.63, 3.8) is 0 Å². The minimum atomic E-state index is -0.288. The molecule has 1 fully saturated rings. The van der Waals surface area contributed by atoms with Gasteiger partial charge in [0.15, 0.2) is 0 Å². The molecule has 8 heteroatoms. The maximum Gasteiger partial charge on any atom is 0.225 e. The molecule has 28 heavy (non-hydrogen) atoms. The zero-order valence-electron chi connectivity index (χ0n) is 15.4. The number of hydrogen-bond donors (Lipinski definition) is 4. The Bertz CT molecular complexity index is 1150. The topological polar surface area (TPSA) is 108 Å². The average Bonchev–Trinajstić information content (AvgIpc) is 3.20. The van der Waals surface area contributed by atoms with Gasteiger partial charge in [-0.2, -0.15) is 10.1 Å². The molecule has 5 N–H and O–H groups in total. The molecule has 0 spiro atoms. The average molecular weight is 377 g/mol. The Morgan fingerprint density at radius 1 is 1.25 bits per heavy atom. The summed E-state index contributed by atoms with van der Waals surface area (Å²) in [5, 5.41) is 11.6. The summed E-state index contributed by atoms with van der Waals surface area (Å²) in [5.41, 5.74) is 11.2. The molecule has 7 nitrogen and oxygen atoms in total. The van der Waals surface area contributed by atoms with Gasteiger partial charge in [0.2, 0.25) is 5.95 Å². The molecule has 0 amide bonds. The lowest BCUT2D eigenvalue weighted by Gasteiger charge is -2.11. The standard InChI is InChI=1S/C20H20FN7/c1-10-18(17-8-15(27-28-17)11-2-3-11)19(22)26-20(25-10)24-9-12-6-13(21)7-16-14(12)4-5-23-16/h4-8,11,23H,2-3,9H2,1H3,(H,27,28)(H3,22,24,25,26). The Kier molecular flexibility index (Phi) is 3.78. The monoisotopic (exact) mass is 377 g/mol. The first-order valence-electron chi connectivity index (χ1n) is 9.27. The molecule has 1 aromatic carbocycles. The number of aryl methyl sites for hydroxylation is 1. The van der Waals surface area contributed by atoms with Crippen molar-refractivity contribution >= 4 is 22.7 Å². The van der Waals surface area contributed by atoms with Crippen LogP contribution in [0.25, 0.3) is 22.2 Å². The van der Waals surface area contributed by atoms with Crippen molar-refractivity contribution in [3.05, 3.63) is 53.2 Å². The number of aromatic amines is 2. The molecule has 0 saturated heterocycles. The number of nitrogen functional groups attached to an aromatic ring is 1. The number of aromatic nitrogens is 5. The summed E-state index contributed by atoms with van der Waals surface area (Å²) in [7, 11) is 0. The Balaban J connectivity index is 1.40. The van der Waals surface area contributed by atoms with E-state index in [0.717, 1.165) is 39.1 Å². The molecule has 142 valence electrons. The van der Waals surface area contributed by atoms with E-state index in [2.05, 4.69) is 30.5 Å². The van der Waals surface area contributed by atoms with Gasteiger partial charge in [-0.05, 0) is 49.6 Å². The van der Waals surface area contributed by atoms with E-state index in [4.69, 9.17) is 5.73 Å². The normalized spacial score (nSPS) is 13.9. The predicted octanol–water partition coefficient (Wildman–Crippen LogP) is 3.87. The highest BCUT2D eigenvalue weighted by Crippen LogP contribution is 2.40. The van der Waals surface area contributed by atoms with E-state index < -0.39 is 0 Å². The number of hydrogen-bond acceptors (Lipinski definition) is 5. The van der Waals surface area contributed by atoms with E-state index in [-0.39, 0.29) is 5.82 Å². The predicted molar refractivity (Wildman–Crippen MR) is 106 cm³/mol. The van der Waals surface area contributed by atoms with Crippen LogP contribution in [0.15, 0.2) is 30.5 Å². The molecule has 1 saturated carbocycles. The molecule has 0 bridgehead atoms. The molecule has 0 radical (unpaired) electrons. The quantitative estimate of drug-likeness (QED) is 0.422. The number of benzene rings is 1. The summed E-state index contributed by atoms with van der Waals surface area (Å²) in [5.74, 6) is 1.07. The second-order valence-corrected chi connectivity index (χ2v) is 7.23. The highest BCUT2D eigenvalue weighted by molar-refractivity contribution is 5.83. The van der Waals surface area contributed by atoms with Gasteiger partial charge in [-0.15, -0.1) is 0 Å². The van der Waals surface area contributed by atoms with Crippen molar-refractivity contribution < 1.29 is 4.39 Å². The van der Waals surface area contributed by atoms with Crippen LogP contribution in [-0.2, 0) is 6.54 Å². The van der Waals surface area contributed by atoms with Crippen LogP contribution in [0.2, 0.25) is 0 Å². The van der Waals surface area contributed by atoms with E-state index in [1.807, 2.05) is 19.1 Å². The van der Waals surface area contributed by atoms with Crippen LogP contribution in [0, 0.1) is 12.7 Å². The largest absolute Gasteiger partial charge is 0.383 e. The lowest BCUT2D eigenvalue weighted by atomic mass is 10.1. The first kappa shape index (κ1) is 16.7. The Hall–Kier alpha value is -3.42. The third-order valence-corrected chi connectivity index (χ3v) is 5.15. The summed E-state index contributed by atoms with van der Waals surface area (Å²) in [6.07, 6.45) is 4.19. The van der Waals surface area contributed by atoms with Crippen molar-refractivity contribution in [3.8, 4) is 11.3 Å². The fourth-order valence-electron chi connectivity index (χ4n) is 3.58. The molecule has 1 aliphatic carbocycles. The first-order chi connectivity index (χ1) is 13.6. The molecule has 4 aromatic rings. The van der Waals surface area contributed by atoms with E-state index in [9.17, 15) is 4.39 Å². The van der Waals surface area contributed by atoms with E-state index in [1.54, 1.807) is 6.20 Å². The number of fused-ring (bicyclic) bond motifs is 1. The molecule has 5 rings (SSSR count). The minimum absolute atomic E-state index is 0.288. The van der Waals surface area contributed by atoms with Crippen molar-refractivity contribution in [1.82, 2.24) is 25.1 Å². The maximum atomic E-state index is 13.8. The smallest absolute Gasteiger partial charge is 0.225 e. The second-order valence-electron chi connectivity index (χ2n) is 7.23. The van der Waals surface area contributed by atoms with Crippen LogP contribution in [0.1, 0.15) is 35.7 Å². The Labute approximate surface area is 160 Å². The first-order valence-corrected chi connectivity index (χ1v) is 9.27. The van der Waals surface area contributed by atoms with Gasteiger partial charge in [-0.25, -0.2) is 9.37 Å². The number of nitrogens with zero attached hydrogens (tertiary/aromatic N) is 3. The summed E-state index contributed by atoms with van der Waals surface area (Å²) >= 11 is 0. The van der Waals surface area contributed by atoms with Gasteiger partial charge < -0.3 is 16.0 Å². The summed E-state index contributed by atoms with van der Waals surface area (Å²) in [6.45, 7) is 2.27. The molecular formula is C20H20FN7. The minimum Gasteiger partial charge on any atom is -0.383 e. The number of H-pyrrole nitrogens is 2. The number of halogens is 1. The van der Waals surface area contributed by atoms with Gasteiger partial charge >= 0.3 is 0 Å². The molecular weight excluding hydrogens is 357 g/mol. The van der Waals surface area contributed by atoms with E-state index >= 15 is 0 Å². The highest BCUT2D eigenvalue weighted by atomic mass is 19.1. The Morgan fingerprint density at radius 2 is 2.11 bits per heavy atom. The van der Waals surface area contributed by atoms with Crippen LogP contribution in [0.3, 0.4) is 0 Å². The van der Waals surface area contributed by atoms with E-state index in [0.29, 0.717) is 24.2 Å². The fraction of sp³-hybridized carbons (Fsp3) is 0.250. The number of nitrogens with one attached hydrogen (secondary N) is 3. The summed E-state index contributed by atoms with van der Waals surface area (Å²) in [4.78, 5) is 11.9. The van der Waals surface area contributed by atoms with Gasteiger partial charge in [0, 0.05) is 35.3 Å². The lowest BCUT2D eigenvalue weighted by Crippen LogP contribution is -2.08. The maximum absolute atomic E-state index is 13.8. The van der Waals surface area contributed by atoms with Gasteiger partial charge in [0.25, 0.3) is 0 Å². The van der Waals surface area contributed by atoms with Gasteiger partial charge in [-0.3, -0.25) is 5.10 Å². The third-order valence-electron chi connectivity index (χ3n) is 5.15. The van der Waals surface area contributed by atoms with Crippen molar-refractivity contribution in [2.75, 3.05) is 11.1 Å². The molecule has 3 aromatic heterocycles. The summed E-state index contributed by atoms with van der Waals surface area (Å²) < 4.78 is 13.8. The number of nitrogens with two attached hydrogens (primary N) is 1. The molecule has 1 aliphatic rings.